The van der Waals surface area contributed by atoms with Gasteiger partial charge in [0.1, 0.15) is 6.61 Å². The quantitative estimate of drug-likeness (QED) is 0.359. The summed E-state index contributed by atoms with van der Waals surface area (Å²) >= 11 is 5.84. The Morgan fingerprint density at radius 1 is 1.45 bits per heavy atom. The van der Waals surface area contributed by atoms with Crippen molar-refractivity contribution < 1.29 is 19.2 Å². The minimum atomic E-state index is -0.595. The Labute approximate surface area is 132 Å². The van der Waals surface area contributed by atoms with Gasteiger partial charge in [-0.05, 0) is 12.5 Å². The van der Waals surface area contributed by atoms with E-state index in [4.69, 9.17) is 16.3 Å². The van der Waals surface area contributed by atoms with E-state index in [2.05, 4.69) is 5.32 Å². The van der Waals surface area contributed by atoms with Gasteiger partial charge in [0.25, 0.3) is 11.6 Å². The molecular weight excluding hydrogens is 312 g/mol. The van der Waals surface area contributed by atoms with Crippen molar-refractivity contribution in [2.24, 2.45) is 5.92 Å². The fourth-order valence-corrected chi connectivity index (χ4v) is 1.78. The molecule has 0 heterocycles. The first-order valence-electron chi connectivity index (χ1n) is 6.75. The van der Waals surface area contributed by atoms with Crippen LogP contribution in [0.3, 0.4) is 0 Å². The first kappa shape index (κ1) is 17.9. The summed E-state index contributed by atoms with van der Waals surface area (Å²) in [7, 11) is 0. The Kier molecular flexibility index (Phi) is 6.78. The Morgan fingerprint density at radius 3 is 2.68 bits per heavy atom. The number of hydrogen-bond acceptors (Lipinski definition) is 5. The molecule has 0 aliphatic heterocycles. The lowest BCUT2D eigenvalue weighted by Gasteiger charge is -2.10. The van der Waals surface area contributed by atoms with Crippen molar-refractivity contribution in [2.75, 3.05) is 13.2 Å². The molecule has 1 unspecified atom stereocenters. The Morgan fingerprint density at radius 2 is 2.14 bits per heavy atom. The predicted octanol–water partition coefficient (Wildman–Crippen LogP) is 2.57. The van der Waals surface area contributed by atoms with E-state index in [9.17, 15) is 19.7 Å². The highest BCUT2D eigenvalue weighted by Crippen LogP contribution is 2.22. The molecule has 1 amide bonds. The van der Waals surface area contributed by atoms with E-state index in [0.717, 1.165) is 6.07 Å². The number of hydrogen-bond donors (Lipinski definition) is 1. The number of nitrogens with zero attached hydrogens (tertiary/aromatic N) is 1. The van der Waals surface area contributed by atoms with Gasteiger partial charge >= 0.3 is 5.97 Å². The summed E-state index contributed by atoms with van der Waals surface area (Å²) in [5.41, 5.74) is -0.0652. The van der Waals surface area contributed by atoms with Crippen molar-refractivity contribution in [3.8, 4) is 0 Å². The van der Waals surface area contributed by atoms with Crippen LogP contribution in [0.5, 0.6) is 0 Å². The molecule has 1 rings (SSSR count). The second-order valence-electron chi connectivity index (χ2n) is 4.65. The molecule has 0 aliphatic rings. The van der Waals surface area contributed by atoms with Gasteiger partial charge in [0.05, 0.1) is 28.0 Å². The van der Waals surface area contributed by atoms with Crippen LogP contribution in [0.2, 0.25) is 5.02 Å². The number of rotatable bonds is 7. The third-order valence-electron chi connectivity index (χ3n) is 3.05. The molecule has 120 valence electrons. The third kappa shape index (κ3) is 5.00. The first-order chi connectivity index (χ1) is 10.4. The molecule has 0 radical (unpaired) electrons. The van der Waals surface area contributed by atoms with Crippen LogP contribution in [0.25, 0.3) is 0 Å². The largest absolute Gasteiger partial charge is 0.464 e. The van der Waals surface area contributed by atoms with Crippen LogP contribution in [-0.2, 0) is 9.53 Å². The number of carbonyl (C=O) groups excluding carboxylic acids is 2. The zero-order chi connectivity index (χ0) is 16.7. The van der Waals surface area contributed by atoms with Crippen LogP contribution in [0.4, 0.5) is 5.69 Å². The molecule has 0 aromatic heterocycles. The minimum Gasteiger partial charge on any atom is -0.464 e. The van der Waals surface area contributed by atoms with Crippen molar-refractivity contribution in [1.82, 2.24) is 5.32 Å². The highest BCUT2D eigenvalue weighted by molar-refractivity contribution is 6.34. The minimum absolute atomic E-state index is 0.0108. The van der Waals surface area contributed by atoms with Gasteiger partial charge in [0.15, 0.2) is 0 Å². The number of nitro benzene ring substituents is 1. The molecule has 22 heavy (non-hydrogen) atoms. The van der Waals surface area contributed by atoms with Gasteiger partial charge in [-0.25, -0.2) is 0 Å². The molecule has 7 nitrogen and oxygen atoms in total. The Bertz CT molecular complexity index is 576. The maximum Gasteiger partial charge on any atom is 0.308 e. The maximum absolute atomic E-state index is 11.9. The molecule has 1 aromatic carbocycles. The van der Waals surface area contributed by atoms with E-state index in [0.29, 0.717) is 6.42 Å². The average Bonchev–Trinajstić information content (AvgIpc) is 2.49. The molecule has 8 heteroatoms. The molecule has 1 N–H and O–H groups in total. The highest BCUT2D eigenvalue weighted by atomic mass is 35.5. The van der Waals surface area contributed by atoms with Gasteiger partial charge in [-0.15, -0.1) is 0 Å². The monoisotopic (exact) mass is 328 g/mol. The van der Waals surface area contributed by atoms with Crippen molar-refractivity contribution in [3.05, 3.63) is 38.9 Å². The number of ether oxygens (including phenoxy) is 1. The topological polar surface area (TPSA) is 98.5 Å². The summed E-state index contributed by atoms with van der Waals surface area (Å²) in [4.78, 5) is 33.3. The number of esters is 1. The number of carbonyl (C=O) groups is 2. The second-order valence-corrected chi connectivity index (χ2v) is 5.06. The van der Waals surface area contributed by atoms with E-state index in [1.807, 2.05) is 6.92 Å². The van der Waals surface area contributed by atoms with E-state index in [1.54, 1.807) is 6.92 Å². The number of nitrogens with one attached hydrogen (secondary N) is 1. The maximum atomic E-state index is 11.9. The lowest BCUT2D eigenvalue weighted by molar-refractivity contribution is -0.384. The average molecular weight is 329 g/mol. The van der Waals surface area contributed by atoms with Crippen LogP contribution in [0.1, 0.15) is 30.6 Å². The summed E-state index contributed by atoms with van der Waals surface area (Å²) in [5.74, 6) is -0.982. The summed E-state index contributed by atoms with van der Waals surface area (Å²) in [5, 5.41) is 13.1. The van der Waals surface area contributed by atoms with E-state index in [-0.39, 0.29) is 41.3 Å². The smallest absolute Gasteiger partial charge is 0.308 e. The second kappa shape index (κ2) is 8.33. The fraction of sp³-hybridized carbons (Fsp3) is 0.429. The van der Waals surface area contributed by atoms with E-state index in [1.165, 1.54) is 12.1 Å². The van der Waals surface area contributed by atoms with Crippen LogP contribution >= 0.6 is 11.6 Å². The summed E-state index contributed by atoms with van der Waals surface area (Å²) in [6.45, 7) is 3.83. The number of benzene rings is 1. The van der Waals surface area contributed by atoms with Crippen LogP contribution in [0, 0.1) is 16.0 Å². The molecule has 1 aromatic rings. The molecular formula is C14H17ClN2O5. The Balaban J connectivity index is 2.49. The fourth-order valence-electron chi connectivity index (χ4n) is 1.52. The van der Waals surface area contributed by atoms with Gasteiger partial charge in [-0.2, -0.15) is 0 Å². The Hall–Kier alpha value is -2.15. The summed E-state index contributed by atoms with van der Waals surface area (Å²) < 4.78 is 4.99. The number of amides is 1. The van der Waals surface area contributed by atoms with Gasteiger partial charge in [-0.3, -0.25) is 19.7 Å². The zero-order valence-electron chi connectivity index (χ0n) is 12.3. The van der Waals surface area contributed by atoms with Gasteiger partial charge in [0.2, 0.25) is 0 Å². The molecule has 0 bridgehead atoms. The standard InChI is InChI=1S/C14H17ClN2O5/c1-3-9(2)14(19)22-7-6-16-13(18)11-5-4-10(17(20)21)8-12(11)15/h4-5,8-9H,3,6-7H2,1-2H3,(H,16,18). The number of nitro groups is 1. The normalized spacial score (nSPS) is 11.6. The van der Waals surface area contributed by atoms with Crippen LogP contribution in [-0.4, -0.2) is 30.0 Å². The lowest BCUT2D eigenvalue weighted by Crippen LogP contribution is -2.29. The third-order valence-corrected chi connectivity index (χ3v) is 3.37. The van der Waals surface area contributed by atoms with Crippen LogP contribution < -0.4 is 5.32 Å². The summed E-state index contributed by atoms with van der Waals surface area (Å²) in [6.07, 6.45) is 0.684. The van der Waals surface area contributed by atoms with E-state index >= 15 is 0 Å². The van der Waals surface area contributed by atoms with E-state index < -0.39 is 10.8 Å². The summed E-state index contributed by atoms with van der Waals surface area (Å²) in [6, 6.07) is 3.59. The van der Waals surface area contributed by atoms with Crippen molar-refractivity contribution in [3.63, 3.8) is 0 Å². The molecule has 0 fully saturated rings. The SMILES string of the molecule is CCC(C)C(=O)OCCNC(=O)c1ccc([N+](=O)[O-])cc1Cl. The molecule has 0 spiro atoms. The zero-order valence-corrected chi connectivity index (χ0v) is 13.1. The lowest BCUT2D eigenvalue weighted by atomic mass is 10.1. The number of halogens is 1. The predicted molar refractivity (Wildman–Crippen MR) is 80.9 cm³/mol. The van der Waals surface area contributed by atoms with Crippen molar-refractivity contribution in [1.29, 1.82) is 0 Å². The van der Waals surface area contributed by atoms with Crippen molar-refractivity contribution >= 4 is 29.2 Å². The molecule has 0 saturated carbocycles. The van der Waals surface area contributed by atoms with Crippen LogP contribution in [0.15, 0.2) is 18.2 Å². The molecule has 1 atom stereocenters. The number of non-ortho nitro benzene ring substituents is 1. The molecule has 0 saturated heterocycles. The van der Waals surface area contributed by atoms with Crippen molar-refractivity contribution in [2.45, 2.75) is 20.3 Å². The molecule has 0 aliphatic carbocycles. The van der Waals surface area contributed by atoms with Gasteiger partial charge in [0, 0.05) is 12.1 Å². The van der Waals surface area contributed by atoms with Gasteiger partial charge < -0.3 is 10.1 Å². The highest BCUT2D eigenvalue weighted by Gasteiger charge is 2.15. The van der Waals surface area contributed by atoms with Gasteiger partial charge in [-0.1, -0.05) is 25.4 Å². The first-order valence-corrected chi connectivity index (χ1v) is 7.13.